The first-order valence-corrected chi connectivity index (χ1v) is 12.3. The van der Waals surface area contributed by atoms with Crippen LogP contribution in [0.15, 0.2) is 48.5 Å². The van der Waals surface area contributed by atoms with Gasteiger partial charge in [0.05, 0.1) is 11.8 Å². The highest BCUT2D eigenvalue weighted by Gasteiger charge is 2.31. The van der Waals surface area contributed by atoms with E-state index >= 15 is 0 Å². The summed E-state index contributed by atoms with van der Waals surface area (Å²) < 4.78 is 27.1. The highest BCUT2D eigenvalue weighted by atomic mass is 32.2. The van der Waals surface area contributed by atoms with E-state index < -0.39 is 10.0 Å². The van der Waals surface area contributed by atoms with Gasteiger partial charge in [-0.2, -0.15) is 0 Å². The lowest BCUT2D eigenvalue weighted by Crippen LogP contribution is -2.44. The number of hydrogen-bond acceptors (Lipinski definition) is 3. The Morgan fingerprint density at radius 2 is 1.53 bits per heavy atom. The van der Waals surface area contributed by atoms with E-state index in [9.17, 15) is 13.2 Å². The van der Waals surface area contributed by atoms with E-state index in [-0.39, 0.29) is 23.6 Å². The van der Waals surface area contributed by atoms with Crippen LogP contribution in [0.1, 0.15) is 54.5 Å². The summed E-state index contributed by atoms with van der Waals surface area (Å²) in [6, 6.07) is 15.8. The smallest absolute Gasteiger partial charge is 0.223 e. The maximum atomic E-state index is 12.8. The second-order valence-electron chi connectivity index (χ2n) is 8.30. The standard InChI is InChI=1S/C24H32N2O3S/c1-4-23(21-11-7-19(3)8-12-21)25-24(27)22-13-15-26(16-14-22)30(28,29)17-20-9-5-18(2)6-10-20/h5-12,22-23H,4,13-17H2,1-3H3,(H,25,27). The molecule has 1 atom stereocenters. The summed E-state index contributed by atoms with van der Waals surface area (Å²) >= 11 is 0. The second-order valence-corrected chi connectivity index (χ2v) is 10.3. The number of nitrogens with one attached hydrogen (secondary N) is 1. The van der Waals surface area contributed by atoms with Crippen molar-refractivity contribution < 1.29 is 13.2 Å². The SMILES string of the molecule is CCC(NC(=O)C1CCN(S(=O)(=O)Cc2ccc(C)cc2)CC1)c1ccc(C)cc1. The number of sulfonamides is 1. The molecule has 1 unspecified atom stereocenters. The molecule has 30 heavy (non-hydrogen) atoms. The zero-order chi connectivity index (χ0) is 21.7. The maximum Gasteiger partial charge on any atom is 0.223 e. The molecular weight excluding hydrogens is 396 g/mol. The topological polar surface area (TPSA) is 66.5 Å². The van der Waals surface area contributed by atoms with Crippen LogP contribution in [0.25, 0.3) is 0 Å². The lowest BCUT2D eigenvalue weighted by molar-refractivity contribution is -0.126. The summed E-state index contributed by atoms with van der Waals surface area (Å²) in [5, 5.41) is 3.16. The van der Waals surface area contributed by atoms with Crippen LogP contribution in [0, 0.1) is 19.8 Å². The van der Waals surface area contributed by atoms with Gasteiger partial charge in [0.25, 0.3) is 0 Å². The third kappa shape index (κ3) is 5.70. The van der Waals surface area contributed by atoms with Crippen LogP contribution in [-0.2, 0) is 20.6 Å². The Balaban J connectivity index is 1.55. The number of carbonyl (C=O) groups is 1. The summed E-state index contributed by atoms with van der Waals surface area (Å²) in [7, 11) is -3.37. The molecule has 0 aromatic heterocycles. The third-order valence-corrected chi connectivity index (χ3v) is 7.74. The van der Waals surface area contributed by atoms with Crippen LogP contribution in [0.3, 0.4) is 0 Å². The molecule has 2 aromatic rings. The number of carbonyl (C=O) groups excluding carboxylic acids is 1. The van der Waals surface area contributed by atoms with Gasteiger partial charge in [0, 0.05) is 19.0 Å². The summed E-state index contributed by atoms with van der Waals surface area (Å²) in [4.78, 5) is 12.8. The molecule has 1 N–H and O–H groups in total. The minimum absolute atomic E-state index is 0.00940. The van der Waals surface area contributed by atoms with Crippen LogP contribution < -0.4 is 5.32 Å². The molecule has 0 spiro atoms. The van der Waals surface area contributed by atoms with Crippen molar-refractivity contribution in [2.75, 3.05) is 13.1 Å². The quantitative estimate of drug-likeness (QED) is 0.722. The Labute approximate surface area is 180 Å². The van der Waals surface area contributed by atoms with Crippen LogP contribution in [0.5, 0.6) is 0 Å². The van der Waals surface area contributed by atoms with Crippen molar-refractivity contribution in [1.82, 2.24) is 9.62 Å². The van der Waals surface area contributed by atoms with E-state index in [1.807, 2.05) is 38.1 Å². The monoisotopic (exact) mass is 428 g/mol. The first-order chi connectivity index (χ1) is 14.3. The summed E-state index contributed by atoms with van der Waals surface area (Å²) in [6.07, 6.45) is 1.94. The lowest BCUT2D eigenvalue weighted by atomic mass is 9.95. The molecule has 2 aromatic carbocycles. The molecule has 1 fully saturated rings. The Morgan fingerprint density at radius 3 is 2.07 bits per heavy atom. The van der Waals surface area contributed by atoms with Gasteiger partial charge in [-0.3, -0.25) is 4.79 Å². The van der Waals surface area contributed by atoms with Gasteiger partial charge in [-0.25, -0.2) is 12.7 Å². The molecule has 0 aliphatic carbocycles. The Morgan fingerprint density at radius 1 is 1.00 bits per heavy atom. The van der Waals surface area contributed by atoms with Crippen molar-refractivity contribution in [3.8, 4) is 0 Å². The highest BCUT2D eigenvalue weighted by molar-refractivity contribution is 7.88. The number of rotatable bonds is 7. The van der Waals surface area contributed by atoms with Gasteiger partial charge in [-0.05, 0) is 44.2 Å². The average molecular weight is 429 g/mol. The van der Waals surface area contributed by atoms with Crippen molar-refractivity contribution in [1.29, 1.82) is 0 Å². The molecule has 0 radical (unpaired) electrons. The molecular formula is C24H32N2O3S. The van der Waals surface area contributed by atoms with Crippen molar-refractivity contribution in [3.63, 3.8) is 0 Å². The molecule has 1 aliphatic rings. The summed E-state index contributed by atoms with van der Waals surface area (Å²) in [6.45, 7) is 6.88. The van der Waals surface area contributed by atoms with Crippen molar-refractivity contribution in [2.24, 2.45) is 5.92 Å². The fourth-order valence-electron chi connectivity index (χ4n) is 3.89. The normalized spacial score (nSPS) is 16.9. The van der Waals surface area contributed by atoms with E-state index in [2.05, 4.69) is 36.5 Å². The largest absolute Gasteiger partial charge is 0.349 e. The molecule has 1 aliphatic heterocycles. The van der Waals surface area contributed by atoms with E-state index in [1.165, 1.54) is 9.87 Å². The van der Waals surface area contributed by atoms with Gasteiger partial charge in [-0.15, -0.1) is 0 Å². The number of hydrogen-bond donors (Lipinski definition) is 1. The molecule has 0 bridgehead atoms. The number of piperidine rings is 1. The maximum absolute atomic E-state index is 12.8. The van der Waals surface area contributed by atoms with Crippen molar-refractivity contribution in [3.05, 3.63) is 70.8 Å². The molecule has 1 heterocycles. The first kappa shape index (κ1) is 22.5. The second kappa shape index (κ2) is 9.75. The van der Waals surface area contributed by atoms with E-state index in [0.29, 0.717) is 25.9 Å². The Kier molecular flexibility index (Phi) is 7.32. The molecule has 1 amide bonds. The van der Waals surface area contributed by atoms with Crippen LogP contribution in [-0.4, -0.2) is 31.7 Å². The van der Waals surface area contributed by atoms with Crippen LogP contribution >= 0.6 is 0 Å². The molecule has 162 valence electrons. The molecule has 1 saturated heterocycles. The van der Waals surface area contributed by atoms with Crippen molar-refractivity contribution >= 4 is 15.9 Å². The minimum atomic E-state index is -3.37. The minimum Gasteiger partial charge on any atom is -0.349 e. The number of nitrogens with zero attached hydrogens (tertiary/aromatic N) is 1. The lowest BCUT2D eigenvalue weighted by Gasteiger charge is -2.31. The fourth-order valence-corrected chi connectivity index (χ4v) is 5.46. The predicted octanol–water partition coefficient (Wildman–Crippen LogP) is 4.11. The summed E-state index contributed by atoms with van der Waals surface area (Å²) in [5.74, 6) is -0.108. The van der Waals surface area contributed by atoms with Gasteiger partial charge in [0.15, 0.2) is 0 Å². The first-order valence-electron chi connectivity index (χ1n) is 10.7. The van der Waals surface area contributed by atoms with E-state index in [0.717, 1.165) is 23.1 Å². The van der Waals surface area contributed by atoms with Crippen LogP contribution in [0.2, 0.25) is 0 Å². The molecule has 3 rings (SSSR count). The predicted molar refractivity (Wildman–Crippen MR) is 120 cm³/mol. The van der Waals surface area contributed by atoms with Gasteiger partial charge in [0.1, 0.15) is 0 Å². The number of benzene rings is 2. The van der Waals surface area contributed by atoms with Gasteiger partial charge in [0.2, 0.25) is 15.9 Å². The third-order valence-electron chi connectivity index (χ3n) is 5.89. The highest BCUT2D eigenvalue weighted by Crippen LogP contribution is 2.24. The van der Waals surface area contributed by atoms with Gasteiger partial charge in [-0.1, -0.05) is 66.6 Å². The molecule has 5 nitrogen and oxygen atoms in total. The van der Waals surface area contributed by atoms with Gasteiger partial charge < -0.3 is 5.32 Å². The van der Waals surface area contributed by atoms with Crippen LogP contribution in [0.4, 0.5) is 0 Å². The number of amides is 1. The Bertz CT molecular complexity index is 945. The van der Waals surface area contributed by atoms with Crippen molar-refractivity contribution in [2.45, 2.75) is 51.8 Å². The average Bonchev–Trinajstić information content (AvgIpc) is 2.74. The number of aryl methyl sites for hydroxylation is 2. The van der Waals surface area contributed by atoms with Gasteiger partial charge >= 0.3 is 0 Å². The fraction of sp³-hybridized carbons (Fsp3) is 0.458. The summed E-state index contributed by atoms with van der Waals surface area (Å²) in [5.41, 5.74) is 4.21. The Hall–Kier alpha value is -2.18. The van der Waals surface area contributed by atoms with E-state index in [1.54, 1.807) is 0 Å². The molecule has 0 saturated carbocycles. The van der Waals surface area contributed by atoms with E-state index in [4.69, 9.17) is 0 Å². The zero-order valence-electron chi connectivity index (χ0n) is 18.1. The zero-order valence-corrected chi connectivity index (χ0v) is 18.9. The molecule has 6 heteroatoms.